The molecule has 1 N–H and O–H groups in total. The van der Waals surface area contributed by atoms with Crippen LogP contribution in [0.1, 0.15) is 38.5 Å². The molecule has 1 aromatic heterocycles. The number of nitrogens with zero attached hydrogens (tertiary/aromatic N) is 2. The number of pyridine rings is 1. The van der Waals surface area contributed by atoms with Crippen molar-refractivity contribution in [2.24, 2.45) is 5.92 Å². The third-order valence-electron chi connectivity index (χ3n) is 4.46. The van der Waals surface area contributed by atoms with Gasteiger partial charge >= 0.3 is 0 Å². The zero-order valence-corrected chi connectivity index (χ0v) is 12.1. The molecular weight excluding hydrogens is 266 g/mol. The fourth-order valence-corrected chi connectivity index (χ4v) is 3.32. The quantitative estimate of drug-likeness (QED) is 0.927. The summed E-state index contributed by atoms with van der Waals surface area (Å²) in [6.07, 6.45) is 7.79. The van der Waals surface area contributed by atoms with Crippen molar-refractivity contribution < 1.29 is 9.59 Å². The van der Waals surface area contributed by atoms with Crippen LogP contribution in [-0.2, 0) is 9.59 Å². The zero-order chi connectivity index (χ0) is 14.7. The Kier molecular flexibility index (Phi) is 4.18. The average molecular weight is 287 g/mol. The Balaban J connectivity index is 1.60. The molecule has 3 rings (SSSR count). The Morgan fingerprint density at radius 3 is 2.76 bits per heavy atom. The molecule has 5 nitrogen and oxygen atoms in total. The number of hydrogen-bond donors (Lipinski definition) is 1. The molecule has 1 saturated carbocycles. The van der Waals surface area contributed by atoms with E-state index in [4.69, 9.17) is 0 Å². The number of carbonyl (C=O) groups excluding carboxylic acids is 2. The van der Waals surface area contributed by atoms with Gasteiger partial charge in [-0.25, -0.2) is 4.98 Å². The van der Waals surface area contributed by atoms with Crippen LogP contribution in [0.2, 0.25) is 0 Å². The van der Waals surface area contributed by atoms with Crippen LogP contribution in [0.5, 0.6) is 0 Å². The molecule has 2 fully saturated rings. The van der Waals surface area contributed by atoms with E-state index in [-0.39, 0.29) is 17.7 Å². The van der Waals surface area contributed by atoms with Gasteiger partial charge in [0.1, 0.15) is 5.82 Å². The second-order valence-electron chi connectivity index (χ2n) is 5.94. The second kappa shape index (κ2) is 6.24. The lowest BCUT2D eigenvalue weighted by Crippen LogP contribution is -2.38. The van der Waals surface area contributed by atoms with E-state index in [1.54, 1.807) is 18.3 Å². The van der Waals surface area contributed by atoms with Gasteiger partial charge in [0.05, 0.1) is 5.92 Å². The lowest BCUT2D eigenvalue weighted by atomic mass is 9.94. The van der Waals surface area contributed by atoms with Crippen molar-refractivity contribution in [1.82, 2.24) is 9.88 Å². The van der Waals surface area contributed by atoms with E-state index >= 15 is 0 Å². The summed E-state index contributed by atoms with van der Waals surface area (Å²) < 4.78 is 0. The number of likely N-dealkylation sites (tertiary alicyclic amines) is 1. The maximum Gasteiger partial charge on any atom is 0.230 e. The normalized spacial score (nSPS) is 23.3. The number of aromatic nitrogens is 1. The summed E-state index contributed by atoms with van der Waals surface area (Å²) in [5.74, 6) is 0.330. The summed E-state index contributed by atoms with van der Waals surface area (Å²) in [5, 5.41) is 2.80. The Bertz CT molecular complexity index is 512. The van der Waals surface area contributed by atoms with Crippen molar-refractivity contribution in [3.63, 3.8) is 0 Å². The van der Waals surface area contributed by atoms with E-state index < -0.39 is 0 Å². The Morgan fingerprint density at radius 1 is 1.24 bits per heavy atom. The molecule has 1 unspecified atom stereocenters. The molecule has 0 spiro atoms. The average Bonchev–Trinajstić information content (AvgIpc) is 2.91. The maximum absolute atomic E-state index is 12.3. The van der Waals surface area contributed by atoms with Crippen LogP contribution < -0.4 is 5.32 Å². The van der Waals surface area contributed by atoms with Crippen LogP contribution in [0.25, 0.3) is 0 Å². The molecule has 1 saturated heterocycles. The summed E-state index contributed by atoms with van der Waals surface area (Å²) in [6.45, 7) is 0.558. The smallest absolute Gasteiger partial charge is 0.230 e. The van der Waals surface area contributed by atoms with Gasteiger partial charge in [-0.15, -0.1) is 0 Å². The molecule has 0 bridgehead atoms. The molecule has 112 valence electrons. The highest BCUT2D eigenvalue weighted by atomic mass is 16.2. The maximum atomic E-state index is 12.3. The van der Waals surface area contributed by atoms with Gasteiger partial charge in [-0.3, -0.25) is 9.59 Å². The Hall–Kier alpha value is -1.91. The summed E-state index contributed by atoms with van der Waals surface area (Å²) in [7, 11) is 0. The summed E-state index contributed by atoms with van der Waals surface area (Å²) in [5.41, 5.74) is 0. The summed E-state index contributed by atoms with van der Waals surface area (Å²) in [6, 6.07) is 5.74. The van der Waals surface area contributed by atoms with Crippen molar-refractivity contribution >= 4 is 17.6 Å². The van der Waals surface area contributed by atoms with Gasteiger partial charge in [0.25, 0.3) is 0 Å². The number of rotatable bonds is 3. The first-order chi connectivity index (χ1) is 10.2. The molecule has 2 amide bonds. The molecule has 1 aromatic rings. The van der Waals surface area contributed by atoms with E-state index in [1.807, 2.05) is 11.0 Å². The number of hydrogen-bond acceptors (Lipinski definition) is 3. The molecule has 21 heavy (non-hydrogen) atoms. The molecule has 2 heterocycles. The highest BCUT2D eigenvalue weighted by Crippen LogP contribution is 2.29. The van der Waals surface area contributed by atoms with Gasteiger partial charge < -0.3 is 10.2 Å². The minimum Gasteiger partial charge on any atom is -0.339 e. The van der Waals surface area contributed by atoms with E-state index in [9.17, 15) is 9.59 Å². The van der Waals surface area contributed by atoms with E-state index in [2.05, 4.69) is 10.3 Å². The van der Waals surface area contributed by atoms with Crippen LogP contribution in [0, 0.1) is 5.92 Å². The largest absolute Gasteiger partial charge is 0.339 e. The predicted molar refractivity (Wildman–Crippen MR) is 79.6 cm³/mol. The van der Waals surface area contributed by atoms with Crippen molar-refractivity contribution in [2.45, 2.75) is 44.6 Å². The first-order valence-electron chi connectivity index (χ1n) is 7.75. The second-order valence-corrected chi connectivity index (χ2v) is 5.94. The Labute approximate surface area is 124 Å². The molecule has 0 radical (unpaired) electrons. The topological polar surface area (TPSA) is 62.3 Å². The first kappa shape index (κ1) is 14.0. The fraction of sp³-hybridized carbons (Fsp3) is 0.562. The third kappa shape index (κ3) is 3.23. The monoisotopic (exact) mass is 287 g/mol. The van der Waals surface area contributed by atoms with E-state index in [1.165, 1.54) is 19.3 Å². The van der Waals surface area contributed by atoms with Crippen LogP contribution in [0.15, 0.2) is 24.4 Å². The lowest BCUT2D eigenvalue weighted by Gasteiger charge is -2.31. The van der Waals surface area contributed by atoms with E-state index in [0.717, 1.165) is 12.8 Å². The van der Waals surface area contributed by atoms with Gasteiger partial charge in [-0.2, -0.15) is 0 Å². The van der Waals surface area contributed by atoms with Crippen molar-refractivity contribution in [3.05, 3.63) is 24.4 Å². The number of carbonyl (C=O) groups is 2. The first-order valence-corrected chi connectivity index (χ1v) is 7.75. The van der Waals surface area contributed by atoms with Gasteiger partial charge in [-0.05, 0) is 25.0 Å². The molecule has 0 aromatic carbocycles. The van der Waals surface area contributed by atoms with Gasteiger partial charge in [0.2, 0.25) is 11.8 Å². The summed E-state index contributed by atoms with van der Waals surface area (Å²) in [4.78, 5) is 30.4. The fourth-order valence-electron chi connectivity index (χ4n) is 3.32. The van der Waals surface area contributed by atoms with Gasteiger partial charge in [0, 0.05) is 25.2 Å². The minimum atomic E-state index is -0.249. The molecular formula is C16H21N3O2. The molecule has 1 aliphatic carbocycles. The number of nitrogens with one attached hydrogen (secondary N) is 1. The van der Waals surface area contributed by atoms with Crippen molar-refractivity contribution in [1.29, 1.82) is 0 Å². The van der Waals surface area contributed by atoms with Crippen LogP contribution >= 0.6 is 0 Å². The Morgan fingerprint density at radius 2 is 2.05 bits per heavy atom. The highest BCUT2D eigenvalue weighted by Gasteiger charge is 2.38. The zero-order valence-electron chi connectivity index (χ0n) is 12.1. The molecule has 1 atom stereocenters. The highest BCUT2D eigenvalue weighted by molar-refractivity contribution is 5.96. The van der Waals surface area contributed by atoms with Crippen molar-refractivity contribution in [2.75, 3.05) is 11.9 Å². The lowest BCUT2D eigenvalue weighted by molar-refractivity contribution is -0.130. The van der Waals surface area contributed by atoms with Gasteiger partial charge in [-0.1, -0.05) is 25.3 Å². The minimum absolute atomic E-state index is 0.0969. The molecule has 5 heteroatoms. The predicted octanol–water partition coefficient (Wildman–Crippen LogP) is 2.20. The summed E-state index contributed by atoms with van der Waals surface area (Å²) >= 11 is 0. The molecule has 1 aliphatic heterocycles. The number of anilines is 1. The molecule has 2 aliphatic rings. The standard InChI is InChI=1S/C16H21N3O2/c20-15-10-12(11-19(15)13-6-2-1-3-7-13)16(21)18-14-8-4-5-9-17-14/h4-5,8-9,12-13H,1-3,6-7,10-11H2,(H,17,18,21). The van der Waals surface area contributed by atoms with Crippen LogP contribution in [-0.4, -0.2) is 34.3 Å². The van der Waals surface area contributed by atoms with E-state index in [0.29, 0.717) is 24.8 Å². The van der Waals surface area contributed by atoms with Crippen LogP contribution in [0.4, 0.5) is 5.82 Å². The van der Waals surface area contributed by atoms with Gasteiger partial charge in [0.15, 0.2) is 0 Å². The number of amides is 2. The van der Waals surface area contributed by atoms with Crippen molar-refractivity contribution in [3.8, 4) is 0 Å². The van der Waals surface area contributed by atoms with Crippen LogP contribution in [0.3, 0.4) is 0 Å². The third-order valence-corrected chi connectivity index (χ3v) is 4.46. The SMILES string of the molecule is O=C(Nc1ccccn1)C1CC(=O)N(C2CCCCC2)C1.